The quantitative estimate of drug-likeness (QED) is 0.624. The lowest BCUT2D eigenvalue weighted by atomic mass is 10.1. The molecule has 9 nitrogen and oxygen atoms in total. The van der Waals surface area contributed by atoms with E-state index in [0.29, 0.717) is 25.3 Å². The van der Waals surface area contributed by atoms with Gasteiger partial charge in [0.15, 0.2) is 5.76 Å². The van der Waals surface area contributed by atoms with Crippen LogP contribution in [0, 0.1) is 39.0 Å². The van der Waals surface area contributed by atoms with Gasteiger partial charge in [0.2, 0.25) is 15.9 Å². The number of benzene rings is 1. The van der Waals surface area contributed by atoms with E-state index in [2.05, 4.69) is 11.2 Å². The Labute approximate surface area is 189 Å². The number of rotatable bonds is 7. The number of hydrogen-bond acceptors (Lipinski definition) is 7. The second kappa shape index (κ2) is 9.81. The van der Waals surface area contributed by atoms with Crippen LogP contribution in [-0.4, -0.2) is 68.0 Å². The number of piperazine rings is 1. The normalized spacial score (nSPS) is 15.5. The van der Waals surface area contributed by atoms with E-state index in [1.807, 2.05) is 36.9 Å². The molecule has 1 aromatic heterocycles. The van der Waals surface area contributed by atoms with Crippen LogP contribution in [0.3, 0.4) is 0 Å². The highest BCUT2D eigenvalue weighted by atomic mass is 32.2. The number of aryl methyl sites for hydroxylation is 4. The van der Waals surface area contributed by atoms with Gasteiger partial charge >= 0.3 is 0 Å². The number of amides is 1. The van der Waals surface area contributed by atoms with E-state index in [4.69, 9.17) is 9.78 Å². The zero-order valence-corrected chi connectivity index (χ0v) is 19.8. The van der Waals surface area contributed by atoms with Crippen LogP contribution in [0.4, 0.5) is 5.69 Å². The molecule has 1 amide bonds. The van der Waals surface area contributed by atoms with Crippen molar-refractivity contribution in [2.45, 2.75) is 39.0 Å². The predicted octanol–water partition coefficient (Wildman–Crippen LogP) is 2.16. The number of aromatic nitrogens is 1. The summed E-state index contributed by atoms with van der Waals surface area (Å²) in [5.41, 5.74) is 3.34. The molecule has 32 heavy (non-hydrogen) atoms. The van der Waals surface area contributed by atoms with Crippen LogP contribution in [0.2, 0.25) is 0 Å². The molecule has 2 heterocycles. The highest BCUT2D eigenvalue weighted by molar-refractivity contribution is 7.89. The highest BCUT2D eigenvalue weighted by Crippen LogP contribution is 2.24. The smallest absolute Gasteiger partial charge is 0.248 e. The Morgan fingerprint density at radius 3 is 2.41 bits per heavy atom. The van der Waals surface area contributed by atoms with Gasteiger partial charge in [0, 0.05) is 38.4 Å². The summed E-state index contributed by atoms with van der Waals surface area (Å²) in [5, 5.41) is 12.8. The summed E-state index contributed by atoms with van der Waals surface area (Å²) >= 11 is 0. The van der Waals surface area contributed by atoms with Crippen LogP contribution < -0.4 is 4.90 Å². The van der Waals surface area contributed by atoms with Crippen molar-refractivity contribution in [1.82, 2.24) is 14.4 Å². The molecule has 1 aliphatic heterocycles. The summed E-state index contributed by atoms with van der Waals surface area (Å²) in [6.07, 6.45) is 0.238. The summed E-state index contributed by atoms with van der Waals surface area (Å²) < 4.78 is 32.4. The van der Waals surface area contributed by atoms with Crippen molar-refractivity contribution in [3.05, 3.63) is 40.8 Å². The Bertz CT molecular complexity index is 1110. The SMILES string of the molecule is Cc1ccc(N(CCC#N)C(=O)CN2CCN(S(=O)(=O)c3c(C)noc3C)CC2)cc1C. The molecule has 1 saturated heterocycles. The van der Waals surface area contributed by atoms with Crippen LogP contribution in [0.15, 0.2) is 27.6 Å². The van der Waals surface area contributed by atoms with E-state index < -0.39 is 10.0 Å². The standard InChI is InChI=1S/C22H29N5O4S/c1-16-6-7-20(14-17(16)2)27(9-5-8-23)21(28)15-25-10-12-26(13-11-25)32(29,30)22-18(3)24-31-19(22)4/h6-7,14H,5,9-13,15H2,1-4H3. The third kappa shape index (κ3) is 5.01. The van der Waals surface area contributed by atoms with Gasteiger partial charge < -0.3 is 9.42 Å². The molecule has 1 fully saturated rings. The van der Waals surface area contributed by atoms with Gasteiger partial charge in [-0.05, 0) is 51.0 Å². The van der Waals surface area contributed by atoms with Gasteiger partial charge in [-0.3, -0.25) is 9.69 Å². The van der Waals surface area contributed by atoms with E-state index >= 15 is 0 Å². The Hall–Kier alpha value is -2.74. The lowest BCUT2D eigenvalue weighted by Crippen LogP contribution is -2.51. The van der Waals surface area contributed by atoms with E-state index in [-0.39, 0.29) is 42.6 Å². The molecular weight excluding hydrogens is 430 g/mol. The molecule has 0 N–H and O–H groups in total. The molecule has 0 bridgehead atoms. The second-order valence-electron chi connectivity index (χ2n) is 8.06. The maximum absolute atomic E-state index is 13.1. The molecule has 0 spiro atoms. The summed E-state index contributed by atoms with van der Waals surface area (Å²) in [6.45, 7) is 9.12. The van der Waals surface area contributed by atoms with Gasteiger partial charge in [-0.2, -0.15) is 9.57 Å². The second-order valence-corrected chi connectivity index (χ2v) is 9.93. The van der Waals surface area contributed by atoms with E-state index in [9.17, 15) is 13.2 Å². The molecule has 2 aromatic rings. The maximum Gasteiger partial charge on any atom is 0.248 e. The Morgan fingerprint density at radius 2 is 1.84 bits per heavy atom. The molecule has 0 unspecified atom stereocenters. The first-order chi connectivity index (χ1) is 15.1. The van der Waals surface area contributed by atoms with Gasteiger partial charge in [0.05, 0.1) is 19.0 Å². The van der Waals surface area contributed by atoms with E-state index in [1.54, 1.807) is 18.7 Å². The van der Waals surface area contributed by atoms with Crippen molar-refractivity contribution in [1.29, 1.82) is 5.26 Å². The Morgan fingerprint density at radius 1 is 1.16 bits per heavy atom. The number of carbonyl (C=O) groups excluding carboxylic acids is 1. The van der Waals surface area contributed by atoms with Gasteiger partial charge in [-0.15, -0.1) is 0 Å². The average molecular weight is 460 g/mol. The molecule has 172 valence electrons. The molecule has 1 aliphatic rings. The van der Waals surface area contributed by atoms with Gasteiger partial charge in [-0.25, -0.2) is 8.42 Å². The van der Waals surface area contributed by atoms with Crippen molar-refractivity contribution in [3.8, 4) is 6.07 Å². The molecule has 0 saturated carbocycles. The number of carbonyl (C=O) groups is 1. The van der Waals surface area contributed by atoms with Gasteiger partial charge in [-0.1, -0.05) is 11.2 Å². The van der Waals surface area contributed by atoms with E-state index in [1.165, 1.54) is 4.31 Å². The van der Waals surface area contributed by atoms with E-state index in [0.717, 1.165) is 16.8 Å². The molecule has 10 heteroatoms. The minimum Gasteiger partial charge on any atom is -0.360 e. The molecule has 0 radical (unpaired) electrons. The first kappa shape index (κ1) is 23.9. The van der Waals surface area contributed by atoms with Crippen molar-refractivity contribution >= 4 is 21.6 Å². The van der Waals surface area contributed by atoms with Crippen molar-refractivity contribution in [3.63, 3.8) is 0 Å². The number of anilines is 1. The first-order valence-electron chi connectivity index (χ1n) is 10.5. The van der Waals surface area contributed by atoms with Crippen LogP contribution in [0.5, 0.6) is 0 Å². The minimum absolute atomic E-state index is 0.106. The van der Waals surface area contributed by atoms with Crippen molar-refractivity contribution < 1.29 is 17.7 Å². The summed E-state index contributed by atoms with van der Waals surface area (Å²) in [5.74, 6) is 0.173. The van der Waals surface area contributed by atoms with Crippen LogP contribution in [0.25, 0.3) is 0 Å². The fourth-order valence-electron chi connectivity index (χ4n) is 3.83. The molecule has 0 aliphatic carbocycles. The number of nitrogens with zero attached hydrogens (tertiary/aromatic N) is 5. The molecule has 0 atom stereocenters. The lowest BCUT2D eigenvalue weighted by Gasteiger charge is -2.34. The van der Waals surface area contributed by atoms with Gasteiger partial charge in [0.1, 0.15) is 10.6 Å². The Kier molecular flexibility index (Phi) is 7.33. The number of nitriles is 1. The summed E-state index contributed by atoms with van der Waals surface area (Å²) in [7, 11) is -3.69. The third-order valence-electron chi connectivity index (χ3n) is 5.81. The predicted molar refractivity (Wildman–Crippen MR) is 120 cm³/mol. The summed E-state index contributed by atoms with van der Waals surface area (Å²) in [6, 6.07) is 7.92. The zero-order valence-electron chi connectivity index (χ0n) is 19.0. The molecular formula is C22H29N5O4S. The minimum atomic E-state index is -3.69. The van der Waals surface area contributed by atoms with Crippen molar-refractivity contribution in [2.24, 2.45) is 0 Å². The zero-order chi connectivity index (χ0) is 23.5. The fraction of sp³-hybridized carbons (Fsp3) is 0.500. The van der Waals surface area contributed by atoms with Gasteiger partial charge in [0.25, 0.3) is 0 Å². The number of hydrogen-bond donors (Lipinski definition) is 0. The Balaban J connectivity index is 1.67. The van der Waals surface area contributed by atoms with Crippen LogP contribution >= 0.6 is 0 Å². The average Bonchev–Trinajstić information content (AvgIpc) is 3.10. The molecule has 1 aromatic carbocycles. The number of sulfonamides is 1. The monoisotopic (exact) mass is 459 g/mol. The fourth-order valence-corrected chi connectivity index (χ4v) is 5.54. The largest absolute Gasteiger partial charge is 0.360 e. The summed E-state index contributed by atoms with van der Waals surface area (Å²) in [4.78, 5) is 16.8. The van der Waals surface area contributed by atoms with Crippen LogP contribution in [-0.2, 0) is 14.8 Å². The highest BCUT2D eigenvalue weighted by Gasteiger charge is 2.34. The third-order valence-corrected chi connectivity index (χ3v) is 7.95. The lowest BCUT2D eigenvalue weighted by molar-refractivity contribution is -0.120. The topological polar surface area (TPSA) is 111 Å². The molecule has 3 rings (SSSR count). The maximum atomic E-state index is 13.1. The van der Waals surface area contributed by atoms with Crippen molar-refractivity contribution in [2.75, 3.05) is 44.2 Å². The first-order valence-corrected chi connectivity index (χ1v) is 12.0. The van der Waals surface area contributed by atoms with Crippen LogP contribution in [0.1, 0.15) is 29.0 Å².